The van der Waals surface area contributed by atoms with Crippen LogP contribution in [0.4, 0.5) is 0 Å². The monoisotopic (exact) mass is 420 g/mol. The number of primary amides is 1. The molecule has 1 aliphatic heterocycles. The first-order valence-electron chi connectivity index (χ1n) is 9.50. The Bertz CT molecular complexity index is 812. The van der Waals surface area contributed by atoms with Gasteiger partial charge in [0.05, 0.1) is 25.9 Å². The fraction of sp³-hybridized carbons (Fsp3) is 0.450. The van der Waals surface area contributed by atoms with Gasteiger partial charge in [0.1, 0.15) is 18.0 Å². The summed E-state index contributed by atoms with van der Waals surface area (Å²) in [5.74, 6) is 0.124. The highest BCUT2D eigenvalue weighted by atomic mass is 35.5. The maximum atomic E-state index is 12.7. The van der Waals surface area contributed by atoms with Crippen LogP contribution in [-0.2, 0) is 20.9 Å². The van der Waals surface area contributed by atoms with E-state index in [0.717, 1.165) is 6.54 Å². The molecule has 156 valence electrons. The summed E-state index contributed by atoms with van der Waals surface area (Å²) in [4.78, 5) is 30.1. The molecule has 0 bridgehead atoms. The van der Waals surface area contributed by atoms with Gasteiger partial charge < -0.3 is 24.7 Å². The first kappa shape index (κ1) is 21.1. The molecule has 0 radical (unpaired) electrons. The average molecular weight is 421 g/mol. The van der Waals surface area contributed by atoms with Gasteiger partial charge in [-0.1, -0.05) is 11.6 Å². The fourth-order valence-corrected chi connectivity index (χ4v) is 3.48. The molecular formula is C20H25ClN4O4. The number of carbonyl (C=O) groups excluding carboxylic acids is 2. The summed E-state index contributed by atoms with van der Waals surface area (Å²) in [6.45, 7) is 1.89. The van der Waals surface area contributed by atoms with Crippen LogP contribution in [0, 0.1) is 0 Å². The van der Waals surface area contributed by atoms with Crippen molar-refractivity contribution in [3.8, 4) is 5.75 Å². The van der Waals surface area contributed by atoms with Gasteiger partial charge in [0.2, 0.25) is 11.8 Å². The summed E-state index contributed by atoms with van der Waals surface area (Å²) >= 11 is 5.89. The third-order valence-corrected chi connectivity index (χ3v) is 5.03. The molecule has 29 heavy (non-hydrogen) atoms. The molecule has 8 nitrogen and oxygen atoms in total. The topological polar surface area (TPSA) is 99.7 Å². The van der Waals surface area contributed by atoms with E-state index in [1.807, 2.05) is 10.8 Å². The number of hydrogen-bond acceptors (Lipinski definition) is 5. The minimum absolute atomic E-state index is 0.0220. The minimum atomic E-state index is -0.969. The highest BCUT2D eigenvalue weighted by molar-refractivity contribution is 6.30. The number of nitrogens with zero attached hydrogens (tertiary/aromatic N) is 3. The second-order valence-electron chi connectivity index (χ2n) is 7.14. The lowest BCUT2D eigenvalue weighted by atomic mass is 9.97. The Morgan fingerprint density at radius 3 is 2.79 bits per heavy atom. The van der Waals surface area contributed by atoms with Crippen LogP contribution in [0.3, 0.4) is 0 Å². The SMILES string of the molecule is NC(=O)CC1(COc2ccc(Cl)cc2)CN(C(=O)CCCn2ccnc2)CCO1. The summed E-state index contributed by atoms with van der Waals surface area (Å²) in [5, 5.41) is 0.602. The van der Waals surface area contributed by atoms with Crippen LogP contribution < -0.4 is 10.5 Å². The molecule has 1 aromatic heterocycles. The molecule has 9 heteroatoms. The van der Waals surface area contributed by atoms with Crippen molar-refractivity contribution in [2.24, 2.45) is 5.73 Å². The van der Waals surface area contributed by atoms with Gasteiger partial charge in [0.25, 0.3) is 0 Å². The molecule has 0 saturated carbocycles. The van der Waals surface area contributed by atoms with Crippen LogP contribution in [-0.4, -0.2) is 58.2 Å². The van der Waals surface area contributed by atoms with Gasteiger partial charge in [-0.15, -0.1) is 0 Å². The lowest BCUT2D eigenvalue weighted by Gasteiger charge is -2.42. The molecule has 0 aliphatic carbocycles. The zero-order valence-corrected chi connectivity index (χ0v) is 16.9. The predicted molar refractivity (Wildman–Crippen MR) is 107 cm³/mol. The zero-order chi connectivity index (χ0) is 20.7. The van der Waals surface area contributed by atoms with Crippen LogP contribution in [0.1, 0.15) is 19.3 Å². The number of aryl methyl sites for hydroxylation is 1. The molecule has 0 spiro atoms. The third kappa shape index (κ3) is 6.20. The van der Waals surface area contributed by atoms with Crippen LogP contribution in [0.15, 0.2) is 43.0 Å². The van der Waals surface area contributed by atoms with Gasteiger partial charge >= 0.3 is 0 Å². The number of rotatable bonds is 9. The number of ether oxygens (including phenoxy) is 2. The van der Waals surface area contributed by atoms with E-state index in [2.05, 4.69) is 4.98 Å². The molecular weight excluding hydrogens is 396 g/mol. The smallest absolute Gasteiger partial charge is 0.222 e. The molecule has 1 atom stereocenters. The fourth-order valence-electron chi connectivity index (χ4n) is 3.36. The van der Waals surface area contributed by atoms with Crippen molar-refractivity contribution in [1.82, 2.24) is 14.5 Å². The summed E-state index contributed by atoms with van der Waals surface area (Å²) in [5.41, 5.74) is 4.48. The van der Waals surface area contributed by atoms with Gasteiger partial charge in [0.15, 0.2) is 0 Å². The Morgan fingerprint density at radius 1 is 1.31 bits per heavy atom. The van der Waals surface area contributed by atoms with Crippen LogP contribution in [0.25, 0.3) is 0 Å². The van der Waals surface area contributed by atoms with E-state index in [-0.39, 0.29) is 25.5 Å². The van der Waals surface area contributed by atoms with E-state index in [1.54, 1.807) is 41.7 Å². The first-order valence-corrected chi connectivity index (χ1v) is 9.88. The van der Waals surface area contributed by atoms with Crippen molar-refractivity contribution in [3.05, 3.63) is 48.0 Å². The Hall–Kier alpha value is -2.58. The van der Waals surface area contributed by atoms with Gasteiger partial charge in [-0.2, -0.15) is 0 Å². The molecule has 1 aromatic carbocycles. The molecule has 1 saturated heterocycles. The highest BCUT2D eigenvalue weighted by Gasteiger charge is 2.40. The van der Waals surface area contributed by atoms with Gasteiger partial charge in [-0.3, -0.25) is 9.59 Å². The highest BCUT2D eigenvalue weighted by Crippen LogP contribution is 2.25. The predicted octanol–water partition coefficient (Wildman–Crippen LogP) is 1.87. The zero-order valence-electron chi connectivity index (χ0n) is 16.1. The van der Waals surface area contributed by atoms with Gasteiger partial charge in [-0.25, -0.2) is 4.98 Å². The number of morpholine rings is 1. The van der Waals surface area contributed by atoms with Crippen molar-refractivity contribution in [1.29, 1.82) is 0 Å². The largest absolute Gasteiger partial charge is 0.490 e. The van der Waals surface area contributed by atoms with Gasteiger partial charge in [-0.05, 0) is 30.7 Å². The Kier molecular flexibility index (Phi) is 7.11. The molecule has 1 unspecified atom stereocenters. The lowest BCUT2D eigenvalue weighted by Crippen LogP contribution is -2.58. The lowest BCUT2D eigenvalue weighted by molar-refractivity contribution is -0.161. The molecule has 2 amide bonds. The van der Waals surface area contributed by atoms with Crippen LogP contribution >= 0.6 is 11.6 Å². The number of benzene rings is 1. The van der Waals surface area contributed by atoms with Crippen molar-refractivity contribution in [2.45, 2.75) is 31.4 Å². The average Bonchev–Trinajstić information content (AvgIpc) is 3.21. The van der Waals surface area contributed by atoms with Gasteiger partial charge in [0, 0.05) is 36.9 Å². The normalized spacial score (nSPS) is 19.1. The van der Waals surface area contributed by atoms with Crippen molar-refractivity contribution < 1.29 is 19.1 Å². The number of amides is 2. The molecule has 2 heterocycles. The number of nitrogens with two attached hydrogens (primary N) is 1. The second kappa shape index (κ2) is 9.76. The standard InChI is InChI=1S/C20H25ClN4O4/c21-16-3-5-17(6-4-16)28-14-20(12-18(22)26)13-25(10-11-29-20)19(27)2-1-8-24-9-7-23-15-24/h3-7,9,15H,1-2,8,10-14H2,(H2,22,26). The maximum Gasteiger partial charge on any atom is 0.222 e. The van der Waals surface area contributed by atoms with E-state index in [4.69, 9.17) is 26.8 Å². The maximum absolute atomic E-state index is 12.7. The van der Waals surface area contributed by atoms with E-state index in [9.17, 15) is 9.59 Å². The first-order chi connectivity index (χ1) is 14.0. The Labute approximate surface area is 174 Å². The number of halogens is 1. The van der Waals surface area contributed by atoms with Crippen LogP contribution in [0.5, 0.6) is 5.75 Å². The molecule has 2 N–H and O–H groups in total. The van der Waals surface area contributed by atoms with E-state index >= 15 is 0 Å². The van der Waals surface area contributed by atoms with Crippen molar-refractivity contribution in [2.75, 3.05) is 26.3 Å². The second-order valence-corrected chi connectivity index (χ2v) is 7.57. The Morgan fingerprint density at radius 2 is 2.10 bits per heavy atom. The minimum Gasteiger partial charge on any atom is -0.490 e. The van der Waals surface area contributed by atoms with Crippen molar-refractivity contribution >= 4 is 23.4 Å². The molecule has 1 fully saturated rings. The van der Waals surface area contributed by atoms with E-state index in [1.165, 1.54) is 0 Å². The van der Waals surface area contributed by atoms with Crippen molar-refractivity contribution in [3.63, 3.8) is 0 Å². The van der Waals surface area contributed by atoms with E-state index in [0.29, 0.717) is 36.8 Å². The van der Waals surface area contributed by atoms with E-state index < -0.39 is 11.5 Å². The molecule has 3 rings (SSSR count). The number of hydrogen-bond donors (Lipinski definition) is 1. The number of aromatic nitrogens is 2. The number of imidazole rings is 1. The quantitative estimate of drug-likeness (QED) is 0.667. The summed E-state index contributed by atoms with van der Waals surface area (Å²) in [6, 6.07) is 6.91. The summed E-state index contributed by atoms with van der Waals surface area (Å²) < 4.78 is 13.7. The third-order valence-electron chi connectivity index (χ3n) is 4.78. The van der Waals surface area contributed by atoms with Crippen LogP contribution in [0.2, 0.25) is 5.02 Å². The Balaban J connectivity index is 1.59. The molecule has 1 aliphatic rings. The summed E-state index contributed by atoms with van der Waals surface area (Å²) in [7, 11) is 0. The molecule has 2 aromatic rings. The summed E-state index contributed by atoms with van der Waals surface area (Å²) in [6.07, 6.45) is 6.39. The number of carbonyl (C=O) groups is 2.